The Hall–Kier alpha value is -5.41. The maximum Gasteiger partial charge on any atom is 0.164 e. The average Bonchev–Trinajstić information content (AvgIpc) is 3.05. The molecule has 3 heteroatoms. The smallest absolute Gasteiger partial charge is 0.164 e. The highest BCUT2D eigenvalue weighted by atomic mass is 15.0. The molecule has 6 aromatic rings. The quantitative estimate of drug-likeness (QED) is 0.194. The van der Waals surface area contributed by atoms with Gasteiger partial charge in [0, 0.05) is 16.7 Å². The highest BCUT2D eigenvalue weighted by molar-refractivity contribution is 5.99. The number of hydrogen-bond donors (Lipinski definition) is 0. The lowest BCUT2D eigenvalue weighted by atomic mass is 9.93. The highest BCUT2D eigenvalue weighted by Gasteiger charge is 2.12. The third-order valence-corrected chi connectivity index (χ3v) is 7.03. The Balaban J connectivity index is 1.33. The lowest BCUT2D eigenvalue weighted by Crippen LogP contribution is -2.01. The molecule has 0 saturated heterocycles. The van der Waals surface area contributed by atoms with Gasteiger partial charge in [-0.25, -0.2) is 15.0 Å². The van der Waals surface area contributed by atoms with Crippen molar-refractivity contribution in [1.82, 2.24) is 15.0 Å². The van der Waals surface area contributed by atoms with Gasteiger partial charge >= 0.3 is 0 Å². The van der Waals surface area contributed by atoms with E-state index in [0.29, 0.717) is 23.0 Å². The van der Waals surface area contributed by atoms with Crippen molar-refractivity contribution in [2.24, 2.45) is 0 Å². The van der Waals surface area contributed by atoms with Crippen LogP contribution in [0.25, 0.3) is 55.8 Å². The van der Waals surface area contributed by atoms with E-state index in [1.165, 1.54) is 27.5 Å². The SMILES string of the molecule is C=C(/C=C\C=C(/C)c1cc(-c2ccccc2)c2ccccc2c1)c1nc(-c2ccccc2)nc(-c2ccccc2)n1. The predicted molar refractivity (Wildman–Crippen MR) is 172 cm³/mol. The molecule has 1 aromatic heterocycles. The van der Waals surface area contributed by atoms with Gasteiger partial charge in [-0.3, -0.25) is 0 Å². The van der Waals surface area contributed by atoms with Crippen molar-refractivity contribution in [2.75, 3.05) is 0 Å². The van der Waals surface area contributed by atoms with Crippen molar-refractivity contribution in [3.63, 3.8) is 0 Å². The van der Waals surface area contributed by atoms with E-state index in [4.69, 9.17) is 15.0 Å². The summed E-state index contributed by atoms with van der Waals surface area (Å²) in [6, 6.07) is 43.6. The molecule has 6 rings (SSSR count). The van der Waals surface area contributed by atoms with Crippen LogP contribution in [-0.4, -0.2) is 15.0 Å². The third-order valence-electron chi connectivity index (χ3n) is 7.03. The van der Waals surface area contributed by atoms with Crippen molar-refractivity contribution in [3.05, 3.63) is 164 Å². The molecule has 1 heterocycles. The van der Waals surface area contributed by atoms with Gasteiger partial charge in [-0.05, 0) is 52.1 Å². The van der Waals surface area contributed by atoms with Crippen LogP contribution in [0.4, 0.5) is 0 Å². The normalized spacial score (nSPS) is 11.7. The zero-order valence-electron chi connectivity index (χ0n) is 22.9. The van der Waals surface area contributed by atoms with E-state index in [9.17, 15) is 0 Å². The van der Waals surface area contributed by atoms with Gasteiger partial charge in [-0.15, -0.1) is 0 Å². The van der Waals surface area contributed by atoms with Gasteiger partial charge in [-0.1, -0.05) is 140 Å². The molecule has 0 aliphatic heterocycles. The number of aromatic nitrogens is 3. The third kappa shape index (κ3) is 5.80. The Morgan fingerprint density at radius 2 is 1.15 bits per heavy atom. The lowest BCUT2D eigenvalue weighted by molar-refractivity contribution is 1.04. The van der Waals surface area contributed by atoms with Crippen LogP contribution in [-0.2, 0) is 0 Å². The second kappa shape index (κ2) is 11.8. The van der Waals surface area contributed by atoms with Gasteiger partial charge in [-0.2, -0.15) is 0 Å². The minimum Gasteiger partial charge on any atom is -0.208 e. The van der Waals surface area contributed by atoms with E-state index in [1.54, 1.807) is 0 Å². The summed E-state index contributed by atoms with van der Waals surface area (Å²) < 4.78 is 0. The summed E-state index contributed by atoms with van der Waals surface area (Å²) in [4.78, 5) is 14.3. The number of fused-ring (bicyclic) bond motifs is 1. The van der Waals surface area contributed by atoms with Gasteiger partial charge in [0.15, 0.2) is 17.5 Å². The molecule has 196 valence electrons. The van der Waals surface area contributed by atoms with Gasteiger partial charge < -0.3 is 0 Å². The maximum atomic E-state index is 4.77. The number of rotatable bonds is 7. The number of hydrogen-bond acceptors (Lipinski definition) is 3. The molecule has 0 aliphatic carbocycles. The lowest BCUT2D eigenvalue weighted by Gasteiger charge is -2.11. The molecule has 0 radical (unpaired) electrons. The number of allylic oxidation sites excluding steroid dienone is 5. The van der Waals surface area contributed by atoms with Crippen LogP contribution in [0.5, 0.6) is 0 Å². The minimum atomic E-state index is 0.553. The van der Waals surface area contributed by atoms with Crippen LogP contribution < -0.4 is 0 Å². The van der Waals surface area contributed by atoms with E-state index in [-0.39, 0.29) is 0 Å². The Morgan fingerprint density at radius 3 is 1.76 bits per heavy atom. The predicted octanol–water partition coefficient (Wildman–Crippen LogP) is 9.70. The number of benzene rings is 5. The average molecular weight is 528 g/mol. The summed E-state index contributed by atoms with van der Waals surface area (Å²) >= 11 is 0. The first-order chi connectivity index (χ1) is 20.2. The van der Waals surface area contributed by atoms with Crippen molar-refractivity contribution >= 4 is 21.9 Å². The molecule has 0 unspecified atom stereocenters. The molecule has 3 nitrogen and oxygen atoms in total. The van der Waals surface area contributed by atoms with Crippen LogP contribution in [0, 0.1) is 0 Å². The van der Waals surface area contributed by atoms with Crippen LogP contribution in [0.2, 0.25) is 0 Å². The standard InChI is InChI=1S/C38H29N3/c1-27(33-25-32-23-12-13-24-34(32)35(26-33)29-17-6-3-7-18-29)15-14-16-28(2)36-39-37(30-19-8-4-9-20-30)41-38(40-36)31-21-10-5-11-22-31/h3-26H,2H2,1H3/b16-14-,27-15+. The van der Waals surface area contributed by atoms with Gasteiger partial charge in [0.1, 0.15) is 0 Å². The Morgan fingerprint density at radius 1 is 0.610 bits per heavy atom. The van der Waals surface area contributed by atoms with Crippen LogP contribution in [0.1, 0.15) is 18.3 Å². The summed E-state index contributed by atoms with van der Waals surface area (Å²) in [7, 11) is 0. The van der Waals surface area contributed by atoms with Gasteiger partial charge in [0.05, 0.1) is 0 Å². The Bertz CT molecular complexity index is 1830. The summed E-state index contributed by atoms with van der Waals surface area (Å²) in [5.74, 6) is 1.80. The van der Waals surface area contributed by atoms with Crippen LogP contribution in [0.3, 0.4) is 0 Å². The van der Waals surface area contributed by atoms with Crippen LogP contribution in [0.15, 0.2) is 152 Å². The molecule has 0 bridgehead atoms. The van der Waals surface area contributed by atoms with Gasteiger partial charge in [0.25, 0.3) is 0 Å². The Labute approximate surface area is 240 Å². The fourth-order valence-electron chi connectivity index (χ4n) is 4.83. The summed E-state index contributed by atoms with van der Waals surface area (Å²) in [5, 5.41) is 2.47. The minimum absolute atomic E-state index is 0.553. The monoisotopic (exact) mass is 527 g/mol. The van der Waals surface area contributed by atoms with Crippen molar-refractivity contribution in [3.8, 4) is 33.9 Å². The largest absolute Gasteiger partial charge is 0.208 e. The Kier molecular flexibility index (Phi) is 7.42. The molecule has 0 atom stereocenters. The zero-order valence-corrected chi connectivity index (χ0v) is 22.9. The topological polar surface area (TPSA) is 38.7 Å². The molecule has 0 aliphatic rings. The molecule has 0 fully saturated rings. The van der Waals surface area contributed by atoms with Crippen molar-refractivity contribution < 1.29 is 0 Å². The van der Waals surface area contributed by atoms with E-state index < -0.39 is 0 Å². The molecule has 0 saturated carbocycles. The van der Waals surface area contributed by atoms with Crippen LogP contribution >= 0.6 is 0 Å². The first-order valence-electron chi connectivity index (χ1n) is 13.7. The molecule has 0 spiro atoms. The van der Waals surface area contributed by atoms with Crippen molar-refractivity contribution in [1.29, 1.82) is 0 Å². The van der Waals surface area contributed by atoms with Crippen molar-refractivity contribution in [2.45, 2.75) is 6.92 Å². The van der Waals surface area contributed by atoms with E-state index >= 15 is 0 Å². The molecule has 41 heavy (non-hydrogen) atoms. The molecular formula is C38H29N3. The zero-order chi connectivity index (χ0) is 28.0. The van der Waals surface area contributed by atoms with E-state index in [2.05, 4.69) is 86.3 Å². The fraction of sp³-hybridized carbons (Fsp3) is 0.0263. The first-order valence-corrected chi connectivity index (χ1v) is 13.7. The molecule has 5 aromatic carbocycles. The fourth-order valence-corrected chi connectivity index (χ4v) is 4.83. The second-order valence-electron chi connectivity index (χ2n) is 9.88. The van der Waals surface area contributed by atoms with Gasteiger partial charge in [0.2, 0.25) is 0 Å². The molecule has 0 amide bonds. The van der Waals surface area contributed by atoms with E-state index in [0.717, 1.165) is 16.7 Å². The highest BCUT2D eigenvalue weighted by Crippen LogP contribution is 2.32. The molecular weight excluding hydrogens is 498 g/mol. The summed E-state index contributed by atoms with van der Waals surface area (Å²) in [6.45, 7) is 6.42. The number of nitrogens with zero attached hydrogens (tertiary/aromatic N) is 3. The summed E-state index contributed by atoms with van der Waals surface area (Å²) in [5.41, 5.74) is 7.36. The maximum absolute atomic E-state index is 4.77. The summed E-state index contributed by atoms with van der Waals surface area (Å²) in [6.07, 6.45) is 6.09. The molecule has 0 N–H and O–H groups in total. The second-order valence-corrected chi connectivity index (χ2v) is 9.88. The van der Waals surface area contributed by atoms with E-state index in [1.807, 2.05) is 72.8 Å². The first kappa shape index (κ1) is 25.8.